The van der Waals surface area contributed by atoms with Crippen molar-refractivity contribution in [3.05, 3.63) is 30.1 Å². The van der Waals surface area contributed by atoms with Gasteiger partial charge in [-0.25, -0.2) is 4.39 Å². The molecule has 1 unspecified atom stereocenters. The van der Waals surface area contributed by atoms with Crippen molar-refractivity contribution in [1.29, 1.82) is 0 Å². The Balaban J connectivity index is 2.11. The number of para-hydroxylation sites is 1. The Morgan fingerprint density at radius 3 is 2.88 bits per heavy atom. The maximum absolute atomic E-state index is 13.6. The van der Waals surface area contributed by atoms with Crippen LogP contribution >= 0.6 is 0 Å². The molecule has 1 N–H and O–H groups in total. The highest BCUT2D eigenvalue weighted by atomic mass is 19.1. The highest BCUT2D eigenvalue weighted by Gasteiger charge is 2.18. The van der Waals surface area contributed by atoms with Gasteiger partial charge in [-0.2, -0.15) is 0 Å². The summed E-state index contributed by atoms with van der Waals surface area (Å²) < 4.78 is 13.6. The normalized spacial score (nSPS) is 21.5. The smallest absolute Gasteiger partial charge is 0.146 e. The van der Waals surface area contributed by atoms with Gasteiger partial charge in [0, 0.05) is 13.1 Å². The minimum atomic E-state index is -0.123. The molecule has 1 aromatic rings. The summed E-state index contributed by atoms with van der Waals surface area (Å²) in [6.45, 7) is 2.12. The van der Waals surface area contributed by atoms with Crippen LogP contribution in [0.1, 0.15) is 19.3 Å². The molecule has 1 saturated heterocycles. The molecular formula is C13H19FN2. The topological polar surface area (TPSA) is 15.3 Å². The molecule has 16 heavy (non-hydrogen) atoms. The van der Waals surface area contributed by atoms with Gasteiger partial charge in [-0.1, -0.05) is 12.1 Å². The van der Waals surface area contributed by atoms with Crippen LogP contribution in [0.2, 0.25) is 0 Å². The Labute approximate surface area is 96.5 Å². The third-order valence-electron chi connectivity index (χ3n) is 3.33. The molecule has 1 aliphatic heterocycles. The van der Waals surface area contributed by atoms with Gasteiger partial charge in [0.05, 0.1) is 5.69 Å². The van der Waals surface area contributed by atoms with Crippen molar-refractivity contribution in [2.45, 2.75) is 25.3 Å². The Bertz CT molecular complexity index is 332. The Kier molecular flexibility index (Phi) is 3.78. The summed E-state index contributed by atoms with van der Waals surface area (Å²) in [4.78, 5) is 2.09. The van der Waals surface area contributed by atoms with E-state index in [0.29, 0.717) is 6.04 Å². The van der Waals surface area contributed by atoms with E-state index >= 15 is 0 Å². The summed E-state index contributed by atoms with van der Waals surface area (Å²) in [6.07, 6.45) is 3.39. The van der Waals surface area contributed by atoms with Crippen molar-refractivity contribution in [3.8, 4) is 0 Å². The quantitative estimate of drug-likeness (QED) is 0.826. The fourth-order valence-electron chi connectivity index (χ4n) is 2.32. The number of rotatable bonds is 2. The molecule has 0 amide bonds. The van der Waals surface area contributed by atoms with Gasteiger partial charge in [-0.15, -0.1) is 0 Å². The number of anilines is 1. The lowest BCUT2D eigenvalue weighted by atomic mass is 10.1. The van der Waals surface area contributed by atoms with Crippen LogP contribution < -0.4 is 10.2 Å². The van der Waals surface area contributed by atoms with Crippen molar-refractivity contribution in [2.75, 3.05) is 25.0 Å². The van der Waals surface area contributed by atoms with E-state index in [4.69, 9.17) is 0 Å². The molecule has 1 fully saturated rings. The van der Waals surface area contributed by atoms with E-state index in [1.165, 1.54) is 12.5 Å². The lowest BCUT2D eigenvalue weighted by Gasteiger charge is -2.29. The Hall–Kier alpha value is -1.09. The van der Waals surface area contributed by atoms with Gasteiger partial charge in [0.15, 0.2) is 0 Å². The molecule has 3 heteroatoms. The van der Waals surface area contributed by atoms with Crippen LogP contribution in [0.25, 0.3) is 0 Å². The predicted octanol–water partition coefficient (Wildman–Crippen LogP) is 2.40. The van der Waals surface area contributed by atoms with Gasteiger partial charge in [0.25, 0.3) is 0 Å². The second kappa shape index (κ2) is 5.30. The van der Waals surface area contributed by atoms with Crippen LogP contribution in [0.4, 0.5) is 10.1 Å². The molecule has 1 aromatic carbocycles. The molecular weight excluding hydrogens is 203 g/mol. The lowest BCUT2D eigenvalue weighted by Crippen LogP contribution is -2.32. The summed E-state index contributed by atoms with van der Waals surface area (Å²) in [5.74, 6) is -0.123. The van der Waals surface area contributed by atoms with Crippen LogP contribution in [-0.2, 0) is 0 Å². The first-order valence-corrected chi connectivity index (χ1v) is 5.97. The number of nitrogens with one attached hydrogen (secondary N) is 1. The van der Waals surface area contributed by atoms with Crippen molar-refractivity contribution in [3.63, 3.8) is 0 Å². The van der Waals surface area contributed by atoms with Gasteiger partial charge in [-0.3, -0.25) is 0 Å². The van der Waals surface area contributed by atoms with Crippen molar-refractivity contribution >= 4 is 5.69 Å². The molecule has 0 bridgehead atoms. The van der Waals surface area contributed by atoms with E-state index in [1.54, 1.807) is 6.07 Å². The largest absolute Gasteiger partial charge is 0.369 e. The maximum Gasteiger partial charge on any atom is 0.146 e. The van der Waals surface area contributed by atoms with E-state index in [-0.39, 0.29) is 5.82 Å². The maximum atomic E-state index is 13.6. The second-order valence-corrected chi connectivity index (χ2v) is 4.40. The second-order valence-electron chi connectivity index (χ2n) is 4.40. The third-order valence-corrected chi connectivity index (χ3v) is 3.33. The Morgan fingerprint density at radius 1 is 1.25 bits per heavy atom. The minimum absolute atomic E-state index is 0.123. The van der Waals surface area contributed by atoms with Crippen LogP contribution in [0, 0.1) is 5.82 Å². The number of benzene rings is 1. The van der Waals surface area contributed by atoms with Crippen LogP contribution in [0.5, 0.6) is 0 Å². The standard InChI is InChI=1S/C13H19FN2/c1-16(11-5-4-9-15-10-8-11)13-7-3-2-6-12(13)14/h2-3,6-7,11,15H,4-5,8-10H2,1H3. The molecule has 1 atom stereocenters. The summed E-state index contributed by atoms with van der Waals surface area (Å²) in [5.41, 5.74) is 0.717. The molecule has 0 spiro atoms. The first-order valence-electron chi connectivity index (χ1n) is 5.97. The number of halogens is 1. The van der Waals surface area contributed by atoms with Crippen LogP contribution in [0.15, 0.2) is 24.3 Å². The zero-order valence-electron chi connectivity index (χ0n) is 9.75. The molecule has 0 radical (unpaired) electrons. The summed E-state index contributed by atoms with van der Waals surface area (Å²) >= 11 is 0. The fourth-order valence-corrected chi connectivity index (χ4v) is 2.32. The third kappa shape index (κ3) is 2.53. The zero-order chi connectivity index (χ0) is 11.4. The van der Waals surface area contributed by atoms with Crippen LogP contribution in [0.3, 0.4) is 0 Å². The van der Waals surface area contributed by atoms with Gasteiger partial charge < -0.3 is 10.2 Å². The molecule has 1 aliphatic rings. The van der Waals surface area contributed by atoms with Crippen molar-refractivity contribution in [2.24, 2.45) is 0 Å². The van der Waals surface area contributed by atoms with Gasteiger partial charge in [0.2, 0.25) is 0 Å². The number of hydrogen-bond acceptors (Lipinski definition) is 2. The summed E-state index contributed by atoms with van der Waals surface area (Å²) in [7, 11) is 1.99. The molecule has 0 saturated carbocycles. The fraction of sp³-hybridized carbons (Fsp3) is 0.538. The Morgan fingerprint density at radius 2 is 2.06 bits per heavy atom. The molecule has 1 heterocycles. The highest BCUT2D eigenvalue weighted by Crippen LogP contribution is 2.23. The number of nitrogens with zero attached hydrogens (tertiary/aromatic N) is 1. The SMILES string of the molecule is CN(c1ccccc1F)C1CCCNCC1. The zero-order valence-corrected chi connectivity index (χ0v) is 9.75. The predicted molar refractivity (Wildman–Crippen MR) is 65.3 cm³/mol. The van der Waals surface area contributed by atoms with E-state index < -0.39 is 0 Å². The highest BCUT2D eigenvalue weighted by molar-refractivity contribution is 5.47. The monoisotopic (exact) mass is 222 g/mol. The van der Waals surface area contributed by atoms with Crippen LogP contribution in [-0.4, -0.2) is 26.2 Å². The van der Waals surface area contributed by atoms with E-state index in [9.17, 15) is 4.39 Å². The summed E-state index contributed by atoms with van der Waals surface area (Å²) in [5, 5.41) is 3.38. The average molecular weight is 222 g/mol. The van der Waals surface area contributed by atoms with E-state index in [1.807, 2.05) is 19.2 Å². The molecule has 88 valence electrons. The van der Waals surface area contributed by atoms with Crippen molar-refractivity contribution in [1.82, 2.24) is 5.32 Å². The van der Waals surface area contributed by atoms with Gasteiger partial charge in [-0.05, 0) is 44.5 Å². The minimum Gasteiger partial charge on any atom is -0.369 e. The van der Waals surface area contributed by atoms with Gasteiger partial charge in [0.1, 0.15) is 5.82 Å². The summed E-state index contributed by atoms with van der Waals surface area (Å²) in [6, 6.07) is 7.46. The first kappa shape index (κ1) is 11.4. The molecule has 2 nitrogen and oxygen atoms in total. The number of hydrogen-bond donors (Lipinski definition) is 1. The molecule has 2 rings (SSSR count). The van der Waals surface area contributed by atoms with E-state index in [2.05, 4.69) is 10.2 Å². The lowest BCUT2D eigenvalue weighted by molar-refractivity contribution is 0.549. The van der Waals surface area contributed by atoms with Gasteiger partial charge >= 0.3 is 0 Å². The van der Waals surface area contributed by atoms with E-state index in [0.717, 1.165) is 31.6 Å². The average Bonchev–Trinajstić information content (AvgIpc) is 2.57. The first-order chi connectivity index (χ1) is 7.79. The van der Waals surface area contributed by atoms with Crippen molar-refractivity contribution < 1.29 is 4.39 Å². The molecule has 0 aromatic heterocycles. The molecule has 0 aliphatic carbocycles.